The molecule has 0 saturated heterocycles. The molecule has 100 valence electrons. The second kappa shape index (κ2) is 5.03. The highest BCUT2D eigenvalue weighted by Crippen LogP contribution is 2.38. The van der Waals surface area contributed by atoms with E-state index in [0.717, 1.165) is 0 Å². The van der Waals surface area contributed by atoms with Crippen LogP contribution in [-0.2, 0) is 19.2 Å². The maximum atomic E-state index is 10.9. The Morgan fingerprint density at radius 1 is 0.556 bits per heavy atom. The first-order valence-electron chi connectivity index (χ1n) is 5.17. The lowest BCUT2D eigenvalue weighted by Gasteiger charge is -2.33. The molecule has 1 fully saturated rings. The molecule has 4 atom stereocenters. The van der Waals surface area contributed by atoms with Crippen LogP contribution < -0.4 is 0 Å². The zero-order valence-corrected chi connectivity index (χ0v) is 9.15. The molecule has 0 spiro atoms. The topological polar surface area (TPSA) is 149 Å². The van der Waals surface area contributed by atoms with Gasteiger partial charge in [-0.05, 0) is 12.8 Å². The van der Waals surface area contributed by atoms with E-state index in [9.17, 15) is 19.2 Å². The fourth-order valence-electron chi connectivity index (χ4n) is 2.30. The highest BCUT2D eigenvalue weighted by atomic mass is 16.4. The Hall–Kier alpha value is -2.12. The van der Waals surface area contributed by atoms with Crippen LogP contribution in [0.3, 0.4) is 0 Å². The Labute approximate surface area is 101 Å². The van der Waals surface area contributed by atoms with Crippen LogP contribution in [-0.4, -0.2) is 44.3 Å². The molecule has 0 aromatic rings. The smallest absolute Gasteiger partial charge is 0.307 e. The third-order valence-corrected chi connectivity index (χ3v) is 3.26. The highest BCUT2D eigenvalue weighted by Gasteiger charge is 2.49. The van der Waals surface area contributed by atoms with Crippen LogP contribution in [0.5, 0.6) is 0 Å². The van der Waals surface area contributed by atoms with Gasteiger partial charge in [0.25, 0.3) is 0 Å². The molecule has 4 N–H and O–H groups in total. The molecule has 0 unspecified atom stereocenters. The molecule has 0 bridgehead atoms. The van der Waals surface area contributed by atoms with Crippen molar-refractivity contribution in [3.05, 3.63) is 0 Å². The summed E-state index contributed by atoms with van der Waals surface area (Å²) in [5, 5.41) is 35.5. The Balaban J connectivity index is 3.06. The molecule has 8 nitrogen and oxygen atoms in total. The van der Waals surface area contributed by atoms with Gasteiger partial charge >= 0.3 is 23.9 Å². The van der Waals surface area contributed by atoms with Crippen LogP contribution >= 0.6 is 0 Å². The first-order valence-corrected chi connectivity index (χ1v) is 5.17. The molecule has 0 amide bonds. The van der Waals surface area contributed by atoms with Crippen LogP contribution in [0.15, 0.2) is 0 Å². The minimum Gasteiger partial charge on any atom is -0.481 e. The first kappa shape index (κ1) is 13.9. The molecular weight excluding hydrogens is 248 g/mol. The van der Waals surface area contributed by atoms with E-state index in [-0.39, 0.29) is 0 Å². The van der Waals surface area contributed by atoms with Gasteiger partial charge in [-0.15, -0.1) is 0 Å². The molecule has 1 saturated carbocycles. The molecule has 18 heavy (non-hydrogen) atoms. The Bertz CT molecular complexity index is 327. The van der Waals surface area contributed by atoms with Crippen molar-refractivity contribution in [2.24, 2.45) is 23.7 Å². The van der Waals surface area contributed by atoms with E-state index in [0.29, 0.717) is 0 Å². The zero-order valence-electron chi connectivity index (χ0n) is 9.15. The number of carboxylic acids is 4. The summed E-state index contributed by atoms with van der Waals surface area (Å²) in [5.74, 6) is -11.2. The van der Waals surface area contributed by atoms with E-state index >= 15 is 0 Å². The van der Waals surface area contributed by atoms with Gasteiger partial charge in [0.1, 0.15) is 0 Å². The van der Waals surface area contributed by atoms with Gasteiger partial charge in [0, 0.05) is 0 Å². The fourth-order valence-corrected chi connectivity index (χ4v) is 2.30. The second-order valence-electron chi connectivity index (χ2n) is 4.25. The van der Waals surface area contributed by atoms with Gasteiger partial charge in [0.05, 0.1) is 23.7 Å². The van der Waals surface area contributed by atoms with Crippen molar-refractivity contribution in [3.63, 3.8) is 0 Å². The van der Waals surface area contributed by atoms with Crippen molar-refractivity contribution in [2.45, 2.75) is 12.8 Å². The van der Waals surface area contributed by atoms with E-state index in [1.54, 1.807) is 0 Å². The van der Waals surface area contributed by atoms with Crippen LogP contribution in [0.25, 0.3) is 0 Å². The summed E-state index contributed by atoms with van der Waals surface area (Å²) in [6, 6.07) is 0. The van der Waals surface area contributed by atoms with Crippen molar-refractivity contribution < 1.29 is 39.6 Å². The lowest BCUT2D eigenvalue weighted by Crippen LogP contribution is -2.44. The quantitative estimate of drug-likeness (QED) is 0.532. The predicted octanol–water partition coefficient (Wildman–Crippen LogP) is -0.417. The third kappa shape index (κ3) is 2.58. The first-order chi connectivity index (χ1) is 8.25. The molecule has 1 aliphatic carbocycles. The zero-order chi connectivity index (χ0) is 14.0. The Morgan fingerprint density at radius 3 is 0.833 bits per heavy atom. The Kier molecular flexibility index (Phi) is 3.89. The largest absolute Gasteiger partial charge is 0.481 e. The molecule has 0 radical (unpaired) electrons. The van der Waals surface area contributed by atoms with E-state index < -0.39 is 60.4 Å². The Morgan fingerprint density at radius 2 is 0.722 bits per heavy atom. The average Bonchev–Trinajstić information content (AvgIpc) is 2.26. The van der Waals surface area contributed by atoms with Crippen molar-refractivity contribution in [1.82, 2.24) is 0 Å². The lowest BCUT2D eigenvalue weighted by atomic mass is 9.68. The average molecular weight is 260 g/mol. The van der Waals surface area contributed by atoms with Gasteiger partial charge in [0.15, 0.2) is 0 Å². The minimum atomic E-state index is -1.42. The lowest BCUT2D eigenvalue weighted by molar-refractivity contribution is -0.167. The monoisotopic (exact) mass is 260 g/mol. The van der Waals surface area contributed by atoms with Crippen LogP contribution in [0.1, 0.15) is 12.8 Å². The summed E-state index contributed by atoms with van der Waals surface area (Å²) in [4.78, 5) is 43.6. The van der Waals surface area contributed by atoms with Crippen LogP contribution in [0.2, 0.25) is 0 Å². The van der Waals surface area contributed by atoms with E-state index in [1.807, 2.05) is 0 Å². The standard InChI is InChI=1S/C10H12O8/c11-7(12)3-1-4(8(13)14)6(10(17)18)2-5(3)9(15)16/h3-6H,1-2H2,(H,11,12)(H,13,14)(H,15,16)(H,17,18)/t3-,4+,5-,6+. The molecule has 1 rings (SSSR count). The van der Waals surface area contributed by atoms with E-state index in [1.165, 1.54) is 0 Å². The summed E-state index contributed by atoms with van der Waals surface area (Å²) in [6.07, 6.45) is -0.975. The van der Waals surface area contributed by atoms with E-state index in [4.69, 9.17) is 20.4 Å². The van der Waals surface area contributed by atoms with Crippen molar-refractivity contribution in [2.75, 3.05) is 0 Å². The molecular formula is C10H12O8. The number of hydrogen-bond acceptors (Lipinski definition) is 4. The van der Waals surface area contributed by atoms with Crippen LogP contribution in [0, 0.1) is 23.7 Å². The van der Waals surface area contributed by atoms with Gasteiger partial charge in [-0.2, -0.15) is 0 Å². The number of hydrogen-bond donors (Lipinski definition) is 4. The minimum absolute atomic E-state index is 0.487. The number of aliphatic carboxylic acids is 4. The van der Waals surface area contributed by atoms with Gasteiger partial charge in [-0.1, -0.05) is 0 Å². The fraction of sp³-hybridized carbons (Fsp3) is 0.600. The molecule has 0 aromatic carbocycles. The molecule has 0 aromatic heterocycles. The number of carbonyl (C=O) groups is 4. The normalized spacial score (nSPS) is 31.6. The molecule has 0 aliphatic heterocycles. The maximum absolute atomic E-state index is 10.9. The molecule has 1 aliphatic rings. The highest BCUT2D eigenvalue weighted by molar-refractivity contribution is 5.85. The number of carboxylic acid groups (broad SMARTS) is 4. The summed E-state index contributed by atoms with van der Waals surface area (Å²) >= 11 is 0. The molecule has 0 heterocycles. The maximum Gasteiger partial charge on any atom is 0.307 e. The predicted molar refractivity (Wildman–Crippen MR) is 53.7 cm³/mol. The second-order valence-corrected chi connectivity index (χ2v) is 4.25. The van der Waals surface area contributed by atoms with E-state index in [2.05, 4.69) is 0 Å². The van der Waals surface area contributed by atoms with Crippen molar-refractivity contribution in [1.29, 1.82) is 0 Å². The van der Waals surface area contributed by atoms with Gasteiger partial charge in [0.2, 0.25) is 0 Å². The van der Waals surface area contributed by atoms with Gasteiger partial charge < -0.3 is 20.4 Å². The summed E-state index contributed by atoms with van der Waals surface area (Å²) in [5.41, 5.74) is 0. The van der Waals surface area contributed by atoms with Crippen molar-refractivity contribution in [3.8, 4) is 0 Å². The summed E-state index contributed by atoms with van der Waals surface area (Å²) in [7, 11) is 0. The third-order valence-electron chi connectivity index (χ3n) is 3.26. The summed E-state index contributed by atoms with van der Waals surface area (Å²) < 4.78 is 0. The molecule has 8 heteroatoms. The SMILES string of the molecule is O=C(O)[C@H]1C[C@@H](C(=O)O)[C@H](C(=O)O)C[C@@H]1C(=O)O. The van der Waals surface area contributed by atoms with Gasteiger partial charge in [-0.25, -0.2) is 0 Å². The number of rotatable bonds is 4. The van der Waals surface area contributed by atoms with Gasteiger partial charge in [-0.3, -0.25) is 19.2 Å². The van der Waals surface area contributed by atoms with Crippen LogP contribution in [0.4, 0.5) is 0 Å². The van der Waals surface area contributed by atoms with Crippen molar-refractivity contribution >= 4 is 23.9 Å². The summed E-state index contributed by atoms with van der Waals surface area (Å²) in [6.45, 7) is 0.